The Morgan fingerprint density at radius 1 is 0.913 bits per heavy atom. The molecule has 0 aliphatic rings. The summed E-state index contributed by atoms with van der Waals surface area (Å²) in [6.07, 6.45) is 5.74. The van der Waals surface area contributed by atoms with E-state index in [0.29, 0.717) is 25.7 Å². The van der Waals surface area contributed by atoms with Crippen LogP contribution in [0.5, 0.6) is 17.2 Å². The Kier molecular flexibility index (Phi) is 9.27. The first kappa shape index (κ1) is 19.4. The molecule has 0 spiro atoms. The normalized spacial score (nSPS) is 11.8. The molecule has 1 rings (SSSR count). The second kappa shape index (κ2) is 11.0. The molecule has 1 aromatic carbocycles. The summed E-state index contributed by atoms with van der Waals surface area (Å²) in [6, 6.07) is 4.10. The SMILES string of the molecule is C=CC(C)Cc1ccc(OCCC)c(OCCC)c1OCCC. The number of ether oxygens (including phenoxy) is 3. The molecule has 1 atom stereocenters. The van der Waals surface area contributed by atoms with Crippen LogP contribution in [0.1, 0.15) is 52.5 Å². The van der Waals surface area contributed by atoms with E-state index in [1.54, 1.807) is 0 Å². The molecular formula is C20H32O3. The van der Waals surface area contributed by atoms with Gasteiger partial charge >= 0.3 is 0 Å². The highest BCUT2D eigenvalue weighted by molar-refractivity contribution is 5.56. The first-order valence-electron chi connectivity index (χ1n) is 8.84. The lowest BCUT2D eigenvalue weighted by atomic mass is 10.00. The minimum Gasteiger partial charge on any atom is -0.490 e. The van der Waals surface area contributed by atoms with Crippen LogP contribution in [-0.4, -0.2) is 19.8 Å². The molecule has 0 aromatic heterocycles. The van der Waals surface area contributed by atoms with Crippen LogP contribution in [0.25, 0.3) is 0 Å². The van der Waals surface area contributed by atoms with Crippen molar-refractivity contribution in [3.8, 4) is 17.2 Å². The summed E-state index contributed by atoms with van der Waals surface area (Å²) in [6.45, 7) is 14.4. The molecule has 0 bridgehead atoms. The summed E-state index contributed by atoms with van der Waals surface area (Å²) in [4.78, 5) is 0. The van der Waals surface area contributed by atoms with Crippen molar-refractivity contribution in [1.82, 2.24) is 0 Å². The zero-order valence-electron chi connectivity index (χ0n) is 15.2. The molecule has 3 nitrogen and oxygen atoms in total. The van der Waals surface area contributed by atoms with E-state index in [9.17, 15) is 0 Å². The maximum absolute atomic E-state index is 6.04. The summed E-state index contributed by atoms with van der Waals surface area (Å²) >= 11 is 0. The van der Waals surface area contributed by atoms with Crippen LogP contribution in [0.15, 0.2) is 24.8 Å². The molecule has 0 heterocycles. The van der Waals surface area contributed by atoms with E-state index in [0.717, 1.165) is 48.5 Å². The standard InChI is InChI=1S/C20H32O3/c1-6-12-21-18-11-10-17(15-16(5)9-4)19(22-13-7-2)20(18)23-14-8-3/h9-11,16H,4,6-8,12-15H2,1-3,5H3. The zero-order valence-corrected chi connectivity index (χ0v) is 15.2. The predicted molar refractivity (Wildman–Crippen MR) is 96.9 cm³/mol. The second-order valence-electron chi connectivity index (χ2n) is 5.84. The predicted octanol–water partition coefficient (Wildman–Crippen LogP) is 5.42. The van der Waals surface area contributed by atoms with Crippen molar-refractivity contribution in [3.63, 3.8) is 0 Å². The van der Waals surface area contributed by atoms with E-state index >= 15 is 0 Å². The van der Waals surface area contributed by atoms with Gasteiger partial charge in [0.25, 0.3) is 0 Å². The Hall–Kier alpha value is -1.64. The first-order chi connectivity index (χ1) is 11.2. The number of hydrogen-bond acceptors (Lipinski definition) is 3. The van der Waals surface area contributed by atoms with E-state index < -0.39 is 0 Å². The average Bonchev–Trinajstić information content (AvgIpc) is 2.57. The lowest BCUT2D eigenvalue weighted by molar-refractivity contribution is 0.241. The van der Waals surface area contributed by atoms with Crippen molar-refractivity contribution in [2.75, 3.05) is 19.8 Å². The van der Waals surface area contributed by atoms with Crippen LogP contribution in [0, 0.1) is 5.92 Å². The van der Waals surface area contributed by atoms with Crippen molar-refractivity contribution in [3.05, 3.63) is 30.4 Å². The van der Waals surface area contributed by atoms with Gasteiger partial charge in [-0.15, -0.1) is 6.58 Å². The van der Waals surface area contributed by atoms with Gasteiger partial charge in [0.1, 0.15) is 0 Å². The van der Waals surface area contributed by atoms with Crippen LogP contribution >= 0.6 is 0 Å². The number of benzene rings is 1. The van der Waals surface area contributed by atoms with Gasteiger partial charge in [0, 0.05) is 0 Å². The van der Waals surface area contributed by atoms with Gasteiger partial charge in [0.2, 0.25) is 5.75 Å². The topological polar surface area (TPSA) is 27.7 Å². The van der Waals surface area contributed by atoms with Gasteiger partial charge in [-0.2, -0.15) is 0 Å². The van der Waals surface area contributed by atoms with E-state index in [4.69, 9.17) is 14.2 Å². The second-order valence-corrected chi connectivity index (χ2v) is 5.84. The highest BCUT2D eigenvalue weighted by Gasteiger charge is 2.18. The maximum atomic E-state index is 6.04. The molecule has 0 radical (unpaired) electrons. The fourth-order valence-electron chi connectivity index (χ4n) is 2.21. The van der Waals surface area contributed by atoms with Crippen molar-refractivity contribution in [2.45, 2.75) is 53.4 Å². The van der Waals surface area contributed by atoms with Gasteiger partial charge in [-0.1, -0.05) is 39.8 Å². The molecule has 0 aliphatic carbocycles. The lowest BCUT2D eigenvalue weighted by Crippen LogP contribution is -2.08. The quantitative estimate of drug-likeness (QED) is 0.481. The summed E-state index contributed by atoms with van der Waals surface area (Å²) in [5, 5.41) is 0. The summed E-state index contributed by atoms with van der Waals surface area (Å²) in [5.74, 6) is 2.76. The molecule has 0 amide bonds. The van der Waals surface area contributed by atoms with Crippen molar-refractivity contribution >= 4 is 0 Å². The Labute approximate surface area is 141 Å². The van der Waals surface area contributed by atoms with Gasteiger partial charge < -0.3 is 14.2 Å². The van der Waals surface area contributed by atoms with Gasteiger partial charge in [-0.05, 0) is 43.2 Å². The number of allylic oxidation sites excluding steroid dienone is 1. The van der Waals surface area contributed by atoms with Crippen molar-refractivity contribution in [2.24, 2.45) is 5.92 Å². The van der Waals surface area contributed by atoms with E-state index in [2.05, 4.69) is 40.3 Å². The summed E-state index contributed by atoms with van der Waals surface area (Å²) < 4.78 is 17.9. The molecule has 23 heavy (non-hydrogen) atoms. The van der Waals surface area contributed by atoms with Gasteiger partial charge in [0.15, 0.2) is 11.5 Å². The van der Waals surface area contributed by atoms with E-state index in [1.165, 1.54) is 0 Å². The van der Waals surface area contributed by atoms with Gasteiger partial charge in [-0.3, -0.25) is 0 Å². The Bertz CT molecular complexity index is 468. The molecule has 0 aliphatic heterocycles. The molecule has 0 saturated carbocycles. The fourth-order valence-corrected chi connectivity index (χ4v) is 2.21. The minimum absolute atomic E-state index is 0.389. The molecule has 3 heteroatoms. The van der Waals surface area contributed by atoms with Crippen LogP contribution in [0.2, 0.25) is 0 Å². The Balaban J connectivity index is 3.20. The minimum atomic E-state index is 0.389. The largest absolute Gasteiger partial charge is 0.490 e. The molecule has 0 fully saturated rings. The zero-order chi connectivity index (χ0) is 17.1. The smallest absolute Gasteiger partial charge is 0.203 e. The van der Waals surface area contributed by atoms with E-state index in [1.807, 2.05) is 12.1 Å². The molecule has 1 unspecified atom stereocenters. The number of hydrogen-bond donors (Lipinski definition) is 0. The lowest BCUT2D eigenvalue weighted by Gasteiger charge is -2.20. The summed E-state index contributed by atoms with van der Waals surface area (Å²) in [5.41, 5.74) is 1.15. The highest BCUT2D eigenvalue weighted by atomic mass is 16.5. The monoisotopic (exact) mass is 320 g/mol. The first-order valence-corrected chi connectivity index (χ1v) is 8.84. The third-order valence-electron chi connectivity index (χ3n) is 3.46. The van der Waals surface area contributed by atoms with Crippen molar-refractivity contribution < 1.29 is 14.2 Å². The maximum Gasteiger partial charge on any atom is 0.203 e. The average molecular weight is 320 g/mol. The van der Waals surface area contributed by atoms with Crippen molar-refractivity contribution in [1.29, 1.82) is 0 Å². The van der Waals surface area contributed by atoms with Crippen LogP contribution in [0.4, 0.5) is 0 Å². The fraction of sp³-hybridized carbons (Fsp3) is 0.600. The van der Waals surface area contributed by atoms with Gasteiger partial charge in [-0.25, -0.2) is 0 Å². The highest BCUT2D eigenvalue weighted by Crippen LogP contribution is 2.41. The van der Waals surface area contributed by atoms with Crippen LogP contribution in [-0.2, 0) is 6.42 Å². The number of rotatable bonds is 12. The third-order valence-corrected chi connectivity index (χ3v) is 3.46. The van der Waals surface area contributed by atoms with Gasteiger partial charge in [0.05, 0.1) is 19.8 Å². The Morgan fingerprint density at radius 3 is 2.04 bits per heavy atom. The van der Waals surface area contributed by atoms with Crippen LogP contribution < -0.4 is 14.2 Å². The molecular weight excluding hydrogens is 288 g/mol. The molecule has 130 valence electrons. The Morgan fingerprint density at radius 2 is 1.48 bits per heavy atom. The van der Waals surface area contributed by atoms with E-state index in [-0.39, 0.29) is 0 Å². The molecule has 1 aromatic rings. The molecule has 0 N–H and O–H groups in total. The third kappa shape index (κ3) is 6.17. The summed E-state index contributed by atoms with van der Waals surface area (Å²) in [7, 11) is 0. The van der Waals surface area contributed by atoms with Crippen LogP contribution in [0.3, 0.4) is 0 Å². The molecule has 0 saturated heterocycles.